The van der Waals surface area contributed by atoms with Gasteiger partial charge in [-0.05, 0) is 66.2 Å². The van der Waals surface area contributed by atoms with Crippen LogP contribution in [0.2, 0.25) is 5.02 Å². The van der Waals surface area contributed by atoms with Crippen LogP contribution in [0.25, 0.3) is 5.69 Å². The van der Waals surface area contributed by atoms with Gasteiger partial charge in [0.2, 0.25) is 5.95 Å². The average Bonchev–Trinajstić information content (AvgIpc) is 3.29. The average molecular weight is 387 g/mol. The molecule has 0 saturated carbocycles. The standard InChI is InChI=1S/C19H20ClFN6/c1-26-10-9-14(18(26)13-7-8-16(20)17(21)11-13)12-22-19-23-24-25-27(19)15-5-3-2-4-6-15/h2-8,11,14,18H,9-10,12H2,1H3,(H,22,23,25). The van der Waals surface area contributed by atoms with E-state index in [2.05, 4.69) is 32.8 Å². The van der Waals surface area contributed by atoms with Gasteiger partial charge < -0.3 is 5.32 Å². The minimum Gasteiger partial charge on any atom is -0.352 e. The lowest BCUT2D eigenvalue weighted by molar-refractivity contribution is 0.281. The zero-order valence-corrected chi connectivity index (χ0v) is 15.6. The van der Waals surface area contributed by atoms with Crippen molar-refractivity contribution in [2.24, 2.45) is 5.92 Å². The van der Waals surface area contributed by atoms with Crippen LogP contribution in [0.3, 0.4) is 0 Å². The number of hydrogen-bond acceptors (Lipinski definition) is 5. The van der Waals surface area contributed by atoms with E-state index < -0.39 is 0 Å². The number of aromatic nitrogens is 4. The predicted octanol–water partition coefficient (Wildman–Crippen LogP) is 3.56. The van der Waals surface area contributed by atoms with Crippen molar-refractivity contribution in [3.8, 4) is 5.69 Å². The lowest BCUT2D eigenvalue weighted by Crippen LogP contribution is -2.25. The molecule has 1 aliphatic rings. The van der Waals surface area contributed by atoms with Gasteiger partial charge in [-0.15, -0.1) is 0 Å². The van der Waals surface area contributed by atoms with E-state index in [1.807, 2.05) is 36.4 Å². The smallest absolute Gasteiger partial charge is 0.247 e. The first kappa shape index (κ1) is 17.9. The second-order valence-corrected chi connectivity index (χ2v) is 7.19. The van der Waals surface area contributed by atoms with E-state index in [0.717, 1.165) is 24.2 Å². The van der Waals surface area contributed by atoms with Crippen LogP contribution < -0.4 is 5.32 Å². The summed E-state index contributed by atoms with van der Waals surface area (Å²) in [6, 6.07) is 14.9. The number of para-hydroxylation sites is 1. The number of nitrogens with one attached hydrogen (secondary N) is 1. The second kappa shape index (κ2) is 7.62. The maximum absolute atomic E-state index is 13.9. The van der Waals surface area contributed by atoms with Gasteiger partial charge in [0.15, 0.2) is 0 Å². The van der Waals surface area contributed by atoms with E-state index in [1.165, 1.54) is 6.07 Å². The Kier molecular flexibility index (Phi) is 5.05. The number of tetrazole rings is 1. The quantitative estimate of drug-likeness (QED) is 0.726. The Morgan fingerprint density at radius 3 is 2.81 bits per heavy atom. The molecule has 0 amide bonds. The maximum atomic E-state index is 13.9. The SMILES string of the molecule is CN1CCC(CNc2nnnn2-c2ccccc2)C1c1ccc(Cl)c(F)c1. The fourth-order valence-corrected chi connectivity index (χ4v) is 3.84. The number of nitrogens with zero attached hydrogens (tertiary/aromatic N) is 5. The third-order valence-corrected chi connectivity index (χ3v) is 5.36. The molecule has 1 saturated heterocycles. The molecule has 6 nitrogen and oxygen atoms in total. The van der Waals surface area contributed by atoms with E-state index in [9.17, 15) is 4.39 Å². The Bertz CT molecular complexity index is 916. The highest BCUT2D eigenvalue weighted by atomic mass is 35.5. The van der Waals surface area contributed by atoms with Crippen LogP contribution in [0.1, 0.15) is 18.0 Å². The van der Waals surface area contributed by atoms with Crippen LogP contribution in [0, 0.1) is 11.7 Å². The summed E-state index contributed by atoms with van der Waals surface area (Å²) in [4.78, 5) is 2.25. The predicted molar refractivity (Wildman–Crippen MR) is 103 cm³/mol. The van der Waals surface area contributed by atoms with Crippen LogP contribution in [0.5, 0.6) is 0 Å². The van der Waals surface area contributed by atoms with Gasteiger partial charge in [-0.2, -0.15) is 4.68 Å². The minimum atomic E-state index is -0.380. The highest BCUT2D eigenvalue weighted by molar-refractivity contribution is 6.30. The molecule has 1 aromatic heterocycles. The molecule has 0 aliphatic carbocycles. The molecule has 0 spiro atoms. The second-order valence-electron chi connectivity index (χ2n) is 6.78. The van der Waals surface area contributed by atoms with Gasteiger partial charge in [-0.1, -0.05) is 41.0 Å². The molecule has 2 heterocycles. The lowest BCUT2D eigenvalue weighted by atomic mass is 9.93. The molecule has 3 aromatic rings. The molecular weight excluding hydrogens is 367 g/mol. The van der Waals surface area contributed by atoms with Crippen molar-refractivity contribution in [1.29, 1.82) is 0 Å². The topological polar surface area (TPSA) is 58.9 Å². The number of rotatable bonds is 5. The Morgan fingerprint density at radius 1 is 1.22 bits per heavy atom. The van der Waals surface area contributed by atoms with Gasteiger partial charge in [0.25, 0.3) is 0 Å². The Labute approximate surface area is 161 Å². The van der Waals surface area contributed by atoms with Gasteiger partial charge in [-0.25, -0.2) is 4.39 Å². The summed E-state index contributed by atoms with van der Waals surface area (Å²) < 4.78 is 15.6. The summed E-state index contributed by atoms with van der Waals surface area (Å²) >= 11 is 5.84. The molecule has 1 fully saturated rings. The zero-order chi connectivity index (χ0) is 18.8. The zero-order valence-electron chi connectivity index (χ0n) is 14.9. The molecule has 0 bridgehead atoms. The largest absolute Gasteiger partial charge is 0.352 e. The van der Waals surface area contributed by atoms with Crippen molar-refractivity contribution >= 4 is 17.5 Å². The summed E-state index contributed by atoms with van der Waals surface area (Å²) in [5, 5.41) is 15.5. The molecule has 2 unspecified atom stereocenters. The van der Waals surface area contributed by atoms with E-state index in [-0.39, 0.29) is 16.9 Å². The Balaban J connectivity index is 1.51. The molecular formula is C19H20ClFN6. The monoisotopic (exact) mass is 386 g/mol. The molecule has 2 atom stereocenters. The Morgan fingerprint density at radius 2 is 2.04 bits per heavy atom. The van der Waals surface area contributed by atoms with Crippen molar-refractivity contribution in [1.82, 2.24) is 25.1 Å². The molecule has 2 aromatic carbocycles. The van der Waals surface area contributed by atoms with Gasteiger partial charge in [0.05, 0.1) is 10.7 Å². The van der Waals surface area contributed by atoms with Crippen molar-refractivity contribution < 1.29 is 4.39 Å². The summed E-state index contributed by atoms with van der Waals surface area (Å²) in [6.45, 7) is 1.64. The van der Waals surface area contributed by atoms with Gasteiger partial charge >= 0.3 is 0 Å². The summed E-state index contributed by atoms with van der Waals surface area (Å²) in [5.74, 6) is 0.516. The molecule has 1 N–H and O–H groups in total. The van der Waals surface area contributed by atoms with Gasteiger partial charge in [0.1, 0.15) is 5.82 Å². The molecule has 8 heteroatoms. The normalized spacial score (nSPS) is 20.1. The molecule has 27 heavy (non-hydrogen) atoms. The van der Waals surface area contributed by atoms with Crippen LogP contribution in [0.15, 0.2) is 48.5 Å². The van der Waals surface area contributed by atoms with Crippen LogP contribution in [-0.2, 0) is 0 Å². The first-order valence-corrected chi connectivity index (χ1v) is 9.24. The van der Waals surface area contributed by atoms with Gasteiger partial charge in [0, 0.05) is 12.6 Å². The third kappa shape index (κ3) is 3.65. The minimum absolute atomic E-state index is 0.116. The first-order valence-electron chi connectivity index (χ1n) is 8.86. The summed E-state index contributed by atoms with van der Waals surface area (Å²) in [5.41, 5.74) is 1.83. The third-order valence-electron chi connectivity index (χ3n) is 5.05. The number of anilines is 1. The lowest BCUT2D eigenvalue weighted by Gasteiger charge is -2.26. The number of hydrogen-bond donors (Lipinski definition) is 1. The first-order chi connectivity index (χ1) is 13.1. The number of halogens is 2. The Hall–Kier alpha value is -2.51. The fraction of sp³-hybridized carbons (Fsp3) is 0.316. The molecule has 0 radical (unpaired) electrons. The maximum Gasteiger partial charge on any atom is 0.247 e. The number of likely N-dealkylation sites (tertiary alicyclic amines) is 1. The highest BCUT2D eigenvalue weighted by Gasteiger charge is 2.33. The summed E-state index contributed by atoms with van der Waals surface area (Å²) in [6.07, 6.45) is 1.01. The van der Waals surface area contributed by atoms with Crippen molar-refractivity contribution in [3.63, 3.8) is 0 Å². The van der Waals surface area contributed by atoms with Crippen molar-refractivity contribution in [2.45, 2.75) is 12.5 Å². The van der Waals surface area contributed by atoms with Crippen molar-refractivity contribution in [3.05, 3.63) is 64.9 Å². The van der Waals surface area contributed by atoms with Crippen molar-refractivity contribution in [2.75, 3.05) is 25.5 Å². The highest BCUT2D eigenvalue weighted by Crippen LogP contribution is 2.37. The molecule has 4 rings (SSSR count). The van der Waals surface area contributed by atoms with Gasteiger partial charge in [-0.3, -0.25) is 4.90 Å². The van der Waals surface area contributed by atoms with Crippen LogP contribution in [0.4, 0.5) is 10.3 Å². The number of benzene rings is 2. The molecule has 1 aliphatic heterocycles. The summed E-state index contributed by atoms with van der Waals surface area (Å²) in [7, 11) is 2.06. The van der Waals surface area contributed by atoms with Crippen LogP contribution >= 0.6 is 11.6 Å². The van der Waals surface area contributed by atoms with E-state index in [4.69, 9.17) is 11.6 Å². The fourth-order valence-electron chi connectivity index (χ4n) is 3.73. The van der Waals surface area contributed by atoms with E-state index >= 15 is 0 Å². The molecule has 140 valence electrons. The van der Waals surface area contributed by atoms with Crippen LogP contribution in [-0.4, -0.2) is 45.2 Å². The van der Waals surface area contributed by atoms with E-state index in [1.54, 1.807) is 10.7 Å². The van der Waals surface area contributed by atoms with E-state index in [0.29, 0.717) is 18.4 Å².